The Hall–Kier alpha value is -2.98. The molecule has 0 saturated carbocycles. The van der Waals surface area contributed by atoms with Crippen molar-refractivity contribution in [3.63, 3.8) is 0 Å². The summed E-state index contributed by atoms with van der Waals surface area (Å²) in [4.78, 5) is 24.3. The number of hydrogen-bond acceptors (Lipinski definition) is 7. The van der Waals surface area contributed by atoms with E-state index < -0.39 is 0 Å². The third-order valence-electron chi connectivity index (χ3n) is 5.03. The minimum atomic E-state index is -0.314. The van der Waals surface area contributed by atoms with E-state index in [0.717, 1.165) is 11.3 Å². The van der Waals surface area contributed by atoms with Gasteiger partial charge in [0.15, 0.2) is 0 Å². The Kier molecular flexibility index (Phi) is 12.7. The lowest BCUT2D eigenvalue weighted by Gasteiger charge is -2.10. The molecular formula is C25H35N3O6. The van der Waals surface area contributed by atoms with Gasteiger partial charge in [-0.05, 0) is 54.8 Å². The first kappa shape index (κ1) is 27.3. The van der Waals surface area contributed by atoms with Crippen molar-refractivity contribution in [1.82, 2.24) is 10.6 Å². The molecule has 0 fully saturated rings. The Morgan fingerprint density at radius 3 is 2.18 bits per heavy atom. The average Bonchev–Trinajstić information content (AvgIpc) is 2.84. The molecule has 0 saturated heterocycles. The van der Waals surface area contributed by atoms with Crippen molar-refractivity contribution in [1.29, 1.82) is 0 Å². The first-order valence-corrected chi connectivity index (χ1v) is 11.3. The number of nitrogens with one attached hydrogen (secondary N) is 3. The van der Waals surface area contributed by atoms with Gasteiger partial charge in [0.2, 0.25) is 5.91 Å². The number of hydrogen-bond donors (Lipinski definition) is 4. The zero-order chi connectivity index (χ0) is 24.6. The van der Waals surface area contributed by atoms with E-state index in [1.807, 2.05) is 44.2 Å². The van der Waals surface area contributed by atoms with Gasteiger partial charge in [-0.25, -0.2) is 0 Å². The van der Waals surface area contributed by atoms with Gasteiger partial charge in [-0.2, -0.15) is 0 Å². The molecule has 4 N–H and O–H groups in total. The van der Waals surface area contributed by atoms with E-state index in [1.165, 1.54) is 11.1 Å². The van der Waals surface area contributed by atoms with Crippen LogP contribution in [0.4, 0.5) is 5.69 Å². The highest BCUT2D eigenvalue weighted by molar-refractivity contribution is 5.94. The van der Waals surface area contributed by atoms with Gasteiger partial charge < -0.3 is 35.3 Å². The fraction of sp³-hybridized carbons (Fsp3) is 0.440. The molecule has 186 valence electrons. The number of carbonyl (C=O) groups excluding carboxylic acids is 2. The Morgan fingerprint density at radius 1 is 0.824 bits per heavy atom. The fourth-order valence-electron chi connectivity index (χ4n) is 2.91. The van der Waals surface area contributed by atoms with E-state index in [9.17, 15) is 9.59 Å². The van der Waals surface area contributed by atoms with Gasteiger partial charge >= 0.3 is 0 Å². The van der Waals surface area contributed by atoms with Crippen molar-refractivity contribution in [3.05, 3.63) is 64.7 Å². The van der Waals surface area contributed by atoms with Crippen LogP contribution in [0, 0.1) is 13.8 Å². The lowest BCUT2D eigenvalue weighted by molar-refractivity contribution is -0.119. The normalized spacial score (nSPS) is 10.7. The second-order valence-corrected chi connectivity index (χ2v) is 7.64. The highest BCUT2D eigenvalue weighted by Gasteiger charge is 2.06. The first-order chi connectivity index (χ1) is 16.5. The van der Waals surface area contributed by atoms with Crippen LogP contribution in [-0.4, -0.2) is 69.8 Å². The van der Waals surface area contributed by atoms with Gasteiger partial charge in [-0.15, -0.1) is 0 Å². The SMILES string of the molecule is Cc1ccc(NCC(=O)NCc2ccc(C(=O)NCCOCCOCCOCO)cc2)cc1C. The van der Waals surface area contributed by atoms with Crippen LogP contribution in [0.3, 0.4) is 0 Å². The average molecular weight is 474 g/mol. The molecule has 0 aliphatic carbocycles. The van der Waals surface area contributed by atoms with Crippen LogP contribution >= 0.6 is 0 Å². The maximum Gasteiger partial charge on any atom is 0.251 e. The summed E-state index contributed by atoms with van der Waals surface area (Å²) < 4.78 is 15.4. The maximum absolute atomic E-state index is 12.2. The van der Waals surface area contributed by atoms with E-state index in [1.54, 1.807) is 12.1 Å². The predicted molar refractivity (Wildman–Crippen MR) is 130 cm³/mol. The van der Waals surface area contributed by atoms with Crippen molar-refractivity contribution < 1.29 is 28.9 Å². The molecule has 34 heavy (non-hydrogen) atoms. The molecule has 2 rings (SSSR count). The van der Waals surface area contributed by atoms with E-state index in [4.69, 9.17) is 19.3 Å². The smallest absolute Gasteiger partial charge is 0.251 e. The summed E-state index contributed by atoms with van der Waals surface area (Å²) in [6, 6.07) is 13.1. The summed E-state index contributed by atoms with van der Waals surface area (Å²) in [5.41, 5.74) is 4.75. The van der Waals surface area contributed by atoms with E-state index in [0.29, 0.717) is 51.7 Å². The summed E-state index contributed by atoms with van der Waals surface area (Å²) in [6.45, 7) is 6.67. The molecule has 0 bridgehead atoms. The molecule has 0 heterocycles. The van der Waals surface area contributed by atoms with Gasteiger partial charge in [0.1, 0.15) is 6.79 Å². The molecule has 9 nitrogen and oxygen atoms in total. The van der Waals surface area contributed by atoms with Gasteiger partial charge in [-0.3, -0.25) is 9.59 Å². The standard InChI is InChI=1S/C25H35N3O6/c1-19-3-8-23(15-20(19)2)27-17-24(30)28-16-21-4-6-22(7-5-21)25(31)26-9-10-32-11-12-33-13-14-34-18-29/h3-8,15,27,29H,9-14,16-18H2,1-2H3,(H,26,31)(H,28,30). The first-order valence-electron chi connectivity index (χ1n) is 11.3. The molecular weight excluding hydrogens is 438 g/mol. The molecule has 0 radical (unpaired) electrons. The van der Waals surface area contributed by atoms with E-state index in [-0.39, 0.29) is 25.2 Å². The Balaban J connectivity index is 1.58. The van der Waals surface area contributed by atoms with E-state index in [2.05, 4.69) is 16.0 Å². The summed E-state index contributed by atoms with van der Waals surface area (Å²) in [5.74, 6) is -0.293. The van der Waals surface area contributed by atoms with Crippen molar-refractivity contribution in [2.24, 2.45) is 0 Å². The number of aliphatic hydroxyl groups is 1. The molecule has 0 atom stereocenters. The molecule has 2 aromatic rings. The largest absolute Gasteiger partial charge is 0.377 e. The van der Waals surface area contributed by atoms with Gasteiger partial charge in [0, 0.05) is 24.3 Å². The molecule has 0 aromatic heterocycles. The molecule has 0 spiro atoms. The predicted octanol–water partition coefficient (Wildman–Crippen LogP) is 1.76. The zero-order valence-corrected chi connectivity index (χ0v) is 19.9. The Bertz CT molecular complexity index is 889. The van der Waals surface area contributed by atoms with Crippen LogP contribution in [0.5, 0.6) is 0 Å². The fourth-order valence-corrected chi connectivity index (χ4v) is 2.91. The topological polar surface area (TPSA) is 118 Å². The number of rotatable bonds is 16. The van der Waals surface area contributed by atoms with Crippen molar-refractivity contribution in [2.75, 3.05) is 58.2 Å². The number of carbonyl (C=O) groups is 2. The van der Waals surface area contributed by atoms with Crippen LogP contribution in [0.1, 0.15) is 27.0 Å². The van der Waals surface area contributed by atoms with Gasteiger partial charge in [0.05, 0.1) is 39.6 Å². The number of amides is 2. The summed E-state index contributed by atoms with van der Waals surface area (Å²) >= 11 is 0. The summed E-state index contributed by atoms with van der Waals surface area (Å²) in [7, 11) is 0. The lowest BCUT2D eigenvalue weighted by Crippen LogP contribution is -2.29. The molecule has 0 aliphatic rings. The minimum Gasteiger partial charge on any atom is -0.377 e. The van der Waals surface area contributed by atoms with Gasteiger partial charge in [-0.1, -0.05) is 18.2 Å². The van der Waals surface area contributed by atoms with Crippen molar-refractivity contribution in [3.8, 4) is 0 Å². The number of benzene rings is 2. The lowest BCUT2D eigenvalue weighted by atomic mass is 10.1. The van der Waals surface area contributed by atoms with Crippen molar-refractivity contribution in [2.45, 2.75) is 20.4 Å². The van der Waals surface area contributed by atoms with Crippen LogP contribution in [0.15, 0.2) is 42.5 Å². The third-order valence-corrected chi connectivity index (χ3v) is 5.03. The van der Waals surface area contributed by atoms with Crippen LogP contribution < -0.4 is 16.0 Å². The molecule has 9 heteroatoms. The monoisotopic (exact) mass is 473 g/mol. The Morgan fingerprint density at radius 2 is 1.50 bits per heavy atom. The highest BCUT2D eigenvalue weighted by atomic mass is 16.6. The third kappa shape index (κ3) is 10.8. The summed E-state index contributed by atoms with van der Waals surface area (Å²) in [5, 5.41) is 17.2. The molecule has 2 aromatic carbocycles. The van der Waals surface area contributed by atoms with Crippen LogP contribution in [0.2, 0.25) is 0 Å². The maximum atomic E-state index is 12.2. The molecule has 0 unspecified atom stereocenters. The second-order valence-electron chi connectivity index (χ2n) is 7.64. The second kappa shape index (κ2) is 15.8. The molecule has 2 amide bonds. The van der Waals surface area contributed by atoms with E-state index >= 15 is 0 Å². The van der Waals surface area contributed by atoms with Gasteiger partial charge in [0.25, 0.3) is 5.91 Å². The quantitative estimate of drug-likeness (QED) is 0.217. The minimum absolute atomic E-state index is 0.107. The zero-order valence-electron chi connectivity index (χ0n) is 19.9. The highest BCUT2D eigenvalue weighted by Crippen LogP contribution is 2.13. The summed E-state index contributed by atoms with van der Waals surface area (Å²) in [6.07, 6.45) is 0. The Labute approximate surface area is 200 Å². The van der Waals surface area contributed by atoms with Crippen molar-refractivity contribution >= 4 is 17.5 Å². The number of aryl methyl sites for hydroxylation is 2. The number of anilines is 1. The number of ether oxygens (including phenoxy) is 3. The van der Waals surface area contributed by atoms with Crippen LogP contribution in [0.25, 0.3) is 0 Å². The molecule has 0 aliphatic heterocycles. The number of aliphatic hydroxyl groups excluding tert-OH is 1. The van der Waals surface area contributed by atoms with Crippen LogP contribution in [-0.2, 0) is 25.5 Å².